The number of hydrogen-bond donors (Lipinski definition) is 0. The van der Waals surface area contributed by atoms with Gasteiger partial charge in [0.2, 0.25) is 17.7 Å². The van der Waals surface area contributed by atoms with E-state index in [2.05, 4.69) is 6.92 Å². The number of rotatable bonds is 8. The third-order valence-electron chi connectivity index (χ3n) is 7.18. The molecular weight excluding hydrogens is 376 g/mol. The van der Waals surface area contributed by atoms with Gasteiger partial charge in [0.05, 0.1) is 5.41 Å². The molecule has 0 N–H and O–H groups in total. The highest BCUT2D eigenvalue weighted by Gasteiger charge is 2.56. The molecule has 4 rings (SSSR count). The van der Waals surface area contributed by atoms with Crippen LogP contribution in [0.15, 0.2) is 24.3 Å². The molecule has 1 aliphatic heterocycles. The number of carbonyl (C=O) groups is 3. The predicted molar refractivity (Wildman–Crippen MR) is 116 cm³/mol. The Morgan fingerprint density at radius 1 is 1.13 bits per heavy atom. The molecule has 1 heterocycles. The number of amides is 3. The quantitative estimate of drug-likeness (QED) is 0.609. The topological polar surface area (TPSA) is 57.7 Å². The number of carbonyl (C=O) groups excluding carboxylic acids is 3. The largest absolute Gasteiger partial charge is 0.342 e. The van der Waals surface area contributed by atoms with Crippen molar-refractivity contribution in [1.29, 1.82) is 0 Å². The van der Waals surface area contributed by atoms with Crippen molar-refractivity contribution in [1.82, 2.24) is 9.80 Å². The van der Waals surface area contributed by atoms with Gasteiger partial charge in [-0.3, -0.25) is 19.3 Å². The van der Waals surface area contributed by atoms with Crippen molar-refractivity contribution in [2.75, 3.05) is 13.1 Å². The van der Waals surface area contributed by atoms with E-state index >= 15 is 0 Å². The standard InChI is InChI=1S/C25H34N2O3/c1-3-14-26(17-19-12-13-19)22(28)15-25(21-11-7-4-8-18(21)2)16-23(29)27(24(25)30)20-9-5-6-10-20/h4,7-8,11,19-20H,3,5-6,9-10,12-17H2,1-2H3. The summed E-state index contributed by atoms with van der Waals surface area (Å²) < 4.78 is 0. The van der Waals surface area contributed by atoms with Crippen molar-refractivity contribution in [3.63, 3.8) is 0 Å². The van der Waals surface area contributed by atoms with Crippen LogP contribution in [0, 0.1) is 12.8 Å². The van der Waals surface area contributed by atoms with Gasteiger partial charge in [0.1, 0.15) is 0 Å². The normalized spacial score (nSPS) is 24.7. The van der Waals surface area contributed by atoms with Crippen molar-refractivity contribution in [2.24, 2.45) is 5.92 Å². The number of benzene rings is 1. The fourth-order valence-electron chi connectivity index (χ4n) is 5.42. The Morgan fingerprint density at radius 3 is 2.47 bits per heavy atom. The van der Waals surface area contributed by atoms with Gasteiger partial charge < -0.3 is 4.90 Å². The molecular formula is C25H34N2O3. The maximum Gasteiger partial charge on any atom is 0.241 e. The second kappa shape index (κ2) is 8.52. The van der Waals surface area contributed by atoms with Gasteiger partial charge in [-0.1, -0.05) is 44.0 Å². The summed E-state index contributed by atoms with van der Waals surface area (Å²) in [6, 6.07) is 7.78. The molecule has 1 saturated heterocycles. The maximum absolute atomic E-state index is 13.9. The summed E-state index contributed by atoms with van der Waals surface area (Å²) in [6.45, 7) is 5.56. The molecule has 0 bridgehead atoms. The molecule has 1 aromatic rings. The molecule has 1 atom stereocenters. The Labute approximate surface area is 179 Å². The summed E-state index contributed by atoms with van der Waals surface area (Å²) in [7, 11) is 0. The third kappa shape index (κ3) is 3.91. The average Bonchev–Trinajstić information content (AvgIpc) is 3.30. The van der Waals surface area contributed by atoms with Gasteiger partial charge >= 0.3 is 0 Å². The molecule has 0 spiro atoms. The van der Waals surface area contributed by atoms with Crippen molar-refractivity contribution in [2.45, 2.75) is 83.1 Å². The van der Waals surface area contributed by atoms with Gasteiger partial charge in [-0.15, -0.1) is 0 Å². The summed E-state index contributed by atoms with van der Waals surface area (Å²) in [4.78, 5) is 43.9. The summed E-state index contributed by atoms with van der Waals surface area (Å²) in [6.07, 6.45) is 7.37. The molecule has 2 saturated carbocycles. The van der Waals surface area contributed by atoms with E-state index < -0.39 is 5.41 Å². The van der Waals surface area contributed by atoms with Crippen LogP contribution in [-0.2, 0) is 19.8 Å². The molecule has 162 valence electrons. The highest BCUT2D eigenvalue weighted by molar-refractivity contribution is 6.11. The van der Waals surface area contributed by atoms with E-state index in [-0.39, 0.29) is 36.6 Å². The third-order valence-corrected chi connectivity index (χ3v) is 7.18. The molecule has 3 aliphatic rings. The fraction of sp³-hybridized carbons (Fsp3) is 0.640. The number of nitrogens with zero attached hydrogens (tertiary/aromatic N) is 2. The highest BCUT2D eigenvalue weighted by Crippen LogP contribution is 2.44. The van der Waals surface area contributed by atoms with Crippen LogP contribution in [0.4, 0.5) is 0 Å². The first-order valence-electron chi connectivity index (χ1n) is 11.7. The van der Waals surface area contributed by atoms with Gasteiger partial charge in [-0.2, -0.15) is 0 Å². The Kier molecular flexibility index (Phi) is 5.99. The van der Waals surface area contributed by atoms with E-state index in [1.54, 1.807) is 0 Å². The van der Waals surface area contributed by atoms with E-state index in [4.69, 9.17) is 0 Å². The summed E-state index contributed by atoms with van der Waals surface area (Å²) in [5, 5.41) is 0. The lowest BCUT2D eigenvalue weighted by Crippen LogP contribution is -2.46. The minimum Gasteiger partial charge on any atom is -0.342 e. The fourth-order valence-corrected chi connectivity index (χ4v) is 5.42. The minimum atomic E-state index is -1.06. The van der Waals surface area contributed by atoms with Crippen molar-refractivity contribution < 1.29 is 14.4 Å². The van der Waals surface area contributed by atoms with Crippen LogP contribution in [0.2, 0.25) is 0 Å². The molecule has 0 radical (unpaired) electrons. The van der Waals surface area contributed by atoms with E-state index in [1.165, 1.54) is 17.7 Å². The zero-order valence-corrected chi connectivity index (χ0v) is 18.4. The first-order chi connectivity index (χ1) is 14.5. The Morgan fingerprint density at radius 2 is 1.83 bits per heavy atom. The molecule has 3 fully saturated rings. The van der Waals surface area contributed by atoms with Gasteiger partial charge in [0.25, 0.3) is 0 Å². The van der Waals surface area contributed by atoms with Gasteiger partial charge in [-0.25, -0.2) is 0 Å². The van der Waals surface area contributed by atoms with Crippen LogP contribution in [0.5, 0.6) is 0 Å². The van der Waals surface area contributed by atoms with E-state index in [0.717, 1.165) is 49.8 Å². The predicted octanol–water partition coefficient (Wildman–Crippen LogP) is 3.97. The average molecular weight is 411 g/mol. The number of hydrogen-bond acceptors (Lipinski definition) is 3. The molecule has 0 aromatic heterocycles. The first-order valence-corrected chi connectivity index (χ1v) is 11.7. The van der Waals surface area contributed by atoms with Crippen LogP contribution in [0.25, 0.3) is 0 Å². The smallest absolute Gasteiger partial charge is 0.241 e. The monoisotopic (exact) mass is 410 g/mol. The number of aryl methyl sites for hydroxylation is 1. The Balaban J connectivity index is 1.68. The summed E-state index contributed by atoms with van der Waals surface area (Å²) in [5.74, 6) is 0.365. The van der Waals surface area contributed by atoms with Gasteiger partial charge in [0.15, 0.2) is 0 Å². The zero-order chi connectivity index (χ0) is 21.3. The number of likely N-dealkylation sites (tertiary alicyclic amines) is 1. The van der Waals surface area contributed by atoms with Gasteiger partial charge in [-0.05, 0) is 56.1 Å². The molecule has 1 unspecified atom stereocenters. The molecule has 30 heavy (non-hydrogen) atoms. The second-order valence-electron chi connectivity index (χ2n) is 9.54. The van der Waals surface area contributed by atoms with Gasteiger partial charge in [0, 0.05) is 32.0 Å². The molecule has 5 heteroatoms. The van der Waals surface area contributed by atoms with Crippen molar-refractivity contribution in [3.8, 4) is 0 Å². The lowest BCUT2D eigenvalue weighted by atomic mass is 9.73. The lowest BCUT2D eigenvalue weighted by molar-refractivity contribution is -0.144. The second-order valence-corrected chi connectivity index (χ2v) is 9.54. The summed E-state index contributed by atoms with van der Waals surface area (Å²) in [5.41, 5.74) is 0.765. The van der Waals surface area contributed by atoms with Crippen molar-refractivity contribution in [3.05, 3.63) is 35.4 Å². The maximum atomic E-state index is 13.9. The molecule has 5 nitrogen and oxygen atoms in total. The Hall–Kier alpha value is -2.17. The lowest BCUT2D eigenvalue weighted by Gasteiger charge is -2.32. The first kappa shape index (κ1) is 21.1. The van der Waals surface area contributed by atoms with E-state index in [9.17, 15) is 14.4 Å². The van der Waals surface area contributed by atoms with Crippen LogP contribution in [-0.4, -0.2) is 46.7 Å². The van der Waals surface area contributed by atoms with Crippen LogP contribution >= 0.6 is 0 Å². The zero-order valence-electron chi connectivity index (χ0n) is 18.4. The number of imide groups is 1. The highest BCUT2D eigenvalue weighted by atomic mass is 16.2. The van der Waals surface area contributed by atoms with Crippen molar-refractivity contribution >= 4 is 17.7 Å². The molecule has 2 aliphatic carbocycles. The van der Waals surface area contributed by atoms with Crippen LogP contribution in [0.3, 0.4) is 0 Å². The van der Waals surface area contributed by atoms with E-state index in [1.807, 2.05) is 36.1 Å². The Bertz CT molecular complexity index is 825. The summed E-state index contributed by atoms with van der Waals surface area (Å²) >= 11 is 0. The molecule has 1 aromatic carbocycles. The van der Waals surface area contributed by atoms with Crippen LogP contribution < -0.4 is 0 Å². The van der Waals surface area contributed by atoms with E-state index in [0.29, 0.717) is 12.5 Å². The SMILES string of the molecule is CCCN(CC1CC1)C(=O)CC1(c2ccccc2C)CC(=O)N(C2CCCC2)C1=O. The van der Waals surface area contributed by atoms with Crippen LogP contribution in [0.1, 0.15) is 75.8 Å². The molecule has 3 amide bonds. The minimum absolute atomic E-state index is 0.00389.